The molecule has 1 amide bonds. The normalized spacial score (nSPS) is 10.3. The lowest BCUT2D eigenvalue weighted by molar-refractivity contribution is 0.102. The van der Waals surface area contributed by atoms with Gasteiger partial charge in [0.05, 0.1) is 0 Å². The van der Waals surface area contributed by atoms with Crippen molar-refractivity contribution >= 4 is 22.4 Å². The number of hydrogen-bond acceptors (Lipinski definition) is 3. The Balaban J connectivity index is 2.22. The highest BCUT2D eigenvalue weighted by atomic mass is 32.1. The summed E-state index contributed by atoms with van der Waals surface area (Å²) in [6.07, 6.45) is 1.75. The van der Waals surface area contributed by atoms with E-state index >= 15 is 0 Å². The number of anilines is 1. The molecular weight excluding hydrogens is 232 g/mol. The molecule has 4 heteroatoms. The maximum absolute atomic E-state index is 12.1. The maximum atomic E-state index is 12.1. The predicted molar refractivity (Wildman–Crippen MR) is 70.7 cm³/mol. The van der Waals surface area contributed by atoms with Crippen LogP contribution in [0.3, 0.4) is 0 Å². The van der Waals surface area contributed by atoms with Gasteiger partial charge in [-0.1, -0.05) is 17.7 Å². The first-order valence-corrected chi connectivity index (χ1v) is 6.19. The molecule has 0 atom stereocenters. The number of hydrogen-bond donors (Lipinski definition) is 1. The molecule has 0 radical (unpaired) electrons. The Kier molecular flexibility index (Phi) is 3.24. The van der Waals surface area contributed by atoms with Gasteiger partial charge in [0.15, 0.2) is 5.13 Å². The lowest BCUT2D eigenvalue weighted by atomic mass is 10.1. The van der Waals surface area contributed by atoms with E-state index in [9.17, 15) is 4.79 Å². The third kappa shape index (κ3) is 2.71. The highest BCUT2D eigenvalue weighted by Crippen LogP contribution is 2.18. The van der Waals surface area contributed by atoms with Gasteiger partial charge in [-0.25, -0.2) is 4.98 Å². The molecule has 2 aromatic rings. The predicted octanol–water partition coefficient (Wildman–Crippen LogP) is 3.32. The lowest BCUT2D eigenvalue weighted by Crippen LogP contribution is -2.13. The topological polar surface area (TPSA) is 42.0 Å². The molecule has 1 aromatic heterocycles. The van der Waals surface area contributed by atoms with Crippen molar-refractivity contribution in [2.75, 3.05) is 5.32 Å². The van der Waals surface area contributed by atoms with Crippen LogP contribution in [-0.2, 0) is 0 Å². The van der Waals surface area contributed by atoms with Crippen LogP contribution in [0.5, 0.6) is 0 Å². The molecule has 0 saturated carbocycles. The van der Waals surface area contributed by atoms with Gasteiger partial charge in [-0.2, -0.15) is 0 Å². The smallest absolute Gasteiger partial charge is 0.257 e. The SMILES string of the molecule is Cc1ccc(C)c(C(=O)Nc2ncc(C)s2)c1. The summed E-state index contributed by atoms with van der Waals surface area (Å²) in [6.45, 7) is 5.87. The third-order valence-corrected chi connectivity index (χ3v) is 3.31. The molecule has 88 valence electrons. The summed E-state index contributed by atoms with van der Waals surface area (Å²) >= 11 is 1.48. The first-order chi connectivity index (χ1) is 8.06. The summed E-state index contributed by atoms with van der Waals surface area (Å²) < 4.78 is 0. The summed E-state index contributed by atoms with van der Waals surface area (Å²) in [7, 11) is 0. The van der Waals surface area contributed by atoms with Crippen LogP contribution in [-0.4, -0.2) is 10.9 Å². The number of thiazole rings is 1. The minimum absolute atomic E-state index is 0.0967. The van der Waals surface area contributed by atoms with Crippen LogP contribution in [0.15, 0.2) is 24.4 Å². The molecule has 0 unspecified atom stereocenters. The number of aryl methyl sites for hydroxylation is 3. The van der Waals surface area contributed by atoms with E-state index in [1.807, 2.05) is 39.0 Å². The van der Waals surface area contributed by atoms with E-state index in [-0.39, 0.29) is 5.91 Å². The number of aromatic nitrogens is 1. The molecule has 0 saturated heterocycles. The molecule has 0 fully saturated rings. The van der Waals surface area contributed by atoms with Crippen molar-refractivity contribution in [1.82, 2.24) is 4.98 Å². The Labute approximate surface area is 105 Å². The molecular formula is C13H14N2OS. The number of carbonyl (C=O) groups is 1. The molecule has 0 aliphatic heterocycles. The van der Waals surface area contributed by atoms with Crippen LogP contribution in [0.2, 0.25) is 0 Å². The maximum Gasteiger partial charge on any atom is 0.257 e. The van der Waals surface area contributed by atoms with Crippen LogP contribution >= 0.6 is 11.3 Å². The van der Waals surface area contributed by atoms with Crippen LogP contribution in [0.1, 0.15) is 26.4 Å². The number of amides is 1. The van der Waals surface area contributed by atoms with Crippen molar-refractivity contribution in [3.63, 3.8) is 0 Å². The Hall–Kier alpha value is -1.68. The van der Waals surface area contributed by atoms with E-state index in [0.29, 0.717) is 10.7 Å². The van der Waals surface area contributed by atoms with Gasteiger partial charge in [-0.05, 0) is 32.4 Å². The molecule has 0 aliphatic carbocycles. The third-order valence-electron chi connectivity index (χ3n) is 2.48. The van der Waals surface area contributed by atoms with Gasteiger partial charge in [-0.15, -0.1) is 11.3 Å². The van der Waals surface area contributed by atoms with E-state index < -0.39 is 0 Å². The van der Waals surface area contributed by atoms with Crippen molar-refractivity contribution in [1.29, 1.82) is 0 Å². The molecule has 17 heavy (non-hydrogen) atoms. The van der Waals surface area contributed by atoms with Crippen LogP contribution in [0, 0.1) is 20.8 Å². The zero-order valence-corrected chi connectivity index (χ0v) is 10.9. The summed E-state index contributed by atoms with van der Waals surface area (Å²) in [5, 5.41) is 3.46. The van der Waals surface area contributed by atoms with E-state index in [2.05, 4.69) is 10.3 Å². The fourth-order valence-electron chi connectivity index (χ4n) is 1.56. The van der Waals surface area contributed by atoms with Gasteiger partial charge >= 0.3 is 0 Å². The van der Waals surface area contributed by atoms with Crippen LogP contribution in [0.25, 0.3) is 0 Å². The standard InChI is InChI=1S/C13H14N2OS/c1-8-4-5-9(2)11(6-8)12(16)15-13-14-7-10(3)17-13/h4-7H,1-3H3,(H,14,15,16). The second-order valence-corrected chi connectivity index (χ2v) is 5.28. The highest BCUT2D eigenvalue weighted by Gasteiger charge is 2.10. The minimum Gasteiger partial charge on any atom is -0.298 e. The van der Waals surface area contributed by atoms with E-state index in [0.717, 1.165) is 16.0 Å². The van der Waals surface area contributed by atoms with Crippen LogP contribution in [0.4, 0.5) is 5.13 Å². The van der Waals surface area contributed by atoms with Gasteiger partial charge in [0.1, 0.15) is 0 Å². The fourth-order valence-corrected chi connectivity index (χ4v) is 2.22. The zero-order valence-electron chi connectivity index (χ0n) is 10.1. The molecule has 1 N–H and O–H groups in total. The summed E-state index contributed by atoms with van der Waals surface area (Å²) in [6, 6.07) is 5.85. The quantitative estimate of drug-likeness (QED) is 0.883. The van der Waals surface area contributed by atoms with Gasteiger partial charge in [0, 0.05) is 16.6 Å². The second-order valence-electron chi connectivity index (χ2n) is 4.05. The molecule has 2 rings (SSSR count). The average molecular weight is 246 g/mol. The van der Waals surface area contributed by atoms with Crippen molar-refractivity contribution in [2.45, 2.75) is 20.8 Å². The summed E-state index contributed by atoms with van der Waals surface area (Å²) in [5.41, 5.74) is 2.76. The van der Waals surface area contributed by atoms with E-state index in [1.165, 1.54) is 11.3 Å². The van der Waals surface area contributed by atoms with Gasteiger partial charge in [0.25, 0.3) is 5.91 Å². The first kappa shape index (κ1) is 11.8. The van der Waals surface area contributed by atoms with Crippen molar-refractivity contribution in [3.8, 4) is 0 Å². The average Bonchev–Trinajstić information content (AvgIpc) is 2.67. The number of rotatable bonds is 2. The fraction of sp³-hybridized carbons (Fsp3) is 0.231. The number of carbonyl (C=O) groups excluding carboxylic acids is 1. The molecule has 0 bridgehead atoms. The number of nitrogens with zero attached hydrogens (tertiary/aromatic N) is 1. The van der Waals surface area contributed by atoms with E-state index in [1.54, 1.807) is 6.20 Å². The Bertz CT molecular complexity index is 560. The van der Waals surface area contributed by atoms with Gasteiger partial charge < -0.3 is 0 Å². The highest BCUT2D eigenvalue weighted by molar-refractivity contribution is 7.15. The molecule has 1 aromatic carbocycles. The Morgan fingerprint density at radius 3 is 2.71 bits per heavy atom. The summed E-state index contributed by atoms with van der Waals surface area (Å²) in [5.74, 6) is -0.0967. The van der Waals surface area contributed by atoms with E-state index in [4.69, 9.17) is 0 Å². The second kappa shape index (κ2) is 4.67. The molecule has 3 nitrogen and oxygen atoms in total. The number of benzene rings is 1. The molecule has 0 aliphatic rings. The largest absolute Gasteiger partial charge is 0.298 e. The molecule has 1 heterocycles. The lowest BCUT2D eigenvalue weighted by Gasteiger charge is -2.06. The number of nitrogens with one attached hydrogen (secondary N) is 1. The van der Waals surface area contributed by atoms with Crippen molar-refractivity contribution < 1.29 is 4.79 Å². The first-order valence-electron chi connectivity index (χ1n) is 5.37. The van der Waals surface area contributed by atoms with Crippen LogP contribution < -0.4 is 5.32 Å². The summed E-state index contributed by atoms with van der Waals surface area (Å²) in [4.78, 5) is 17.3. The van der Waals surface area contributed by atoms with Crippen molar-refractivity contribution in [3.05, 3.63) is 46.0 Å². The van der Waals surface area contributed by atoms with Gasteiger partial charge in [0.2, 0.25) is 0 Å². The minimum atomic E-state index is -0.0967. The molecule has 0 spiro atoms. The monoisotopic (exact) mass is 246 g/mol. The zero-order chi connectivity index (χ0) is 12.4. The van der Waals surface area contributed by atoms with Gasteiger partial charge in [-0.3, -0.25) is 10.1 Å². The Morgan fingerprint density at radius 2 is 2.06 bits per heavy atom. The Morgan fingerprint density at radius 1 is 1.29 bits per heavy atom. The van der Waals surface area contributed by atoms with Crippen molar-refractivity contribution in [2.24, 2.45) is 0 Å².